The molecule has 0 unspecified atom stereocenters. The van der Waals surface area contributed by atoms with Crippen LogP contribution in [0.3, 0.4) is 0 Å². The second-order valence-electron chi connectivity index (χ2n) is 4.86. The van der Waals surface area contributed by atoms with Gasteiger partial charge in [-0.05, 0) is 47.1 Å². The summed E-state index contributed by atoms with van der Waals surface area (Å²) in [7, 11) is 0. The fraction of sp³-hybridized carbons (Fsp3) is 0.312. The molecule has 1 fully saturated rings. The van der Waals surface area contributed by atoms with Gasteiger partial charge in [-0.1, -0.05) is 18.2 Å². The van der Waals surface area contributed by atoms with E-state index in [4.69, 9.17) is 0 Å². The molecule has 0 saturated carbocycles. The average Bonchev–Trinajstić information content (AvgIpc) is 3.01. The van der Waals surface area contributed by atoms with Gasteiger partial charge >= 0.3 is 0 Å². The van der Waals surface area contributed by atoms with Gasteiger partial charge in [0.05, 0.1) is 11.0 Å². The van der Waals surface area contributed by atoms with Crippen LogP contribution in [0.1, 0.15) is 21.4 Å². The first kappa shape index (κ1) is 15.0. The zero-order valence-corrected chi connectivity index (χ0v) is 14.0. The molecule has 5 heteroatoms. The van der Waals surface area contributed by atoms with Crippen molar-refractivity contribution in [1.82, 2.24) is 0 Å². The van der Waals surface area contributed by atoms with Crippen molar-refractivity contribution >= 4 is 46.5 Å². The molecule has 21 heavy (non-hydrogen) atoms. The monoisotopic (exact) mass is 335 g/mol. The number of hydrogen-bond acceptors (Lipinski definition) is 4. The van der Waals surface area contributed by atoms with E-state index in [0.29, 0.717) is 11.0 Å². The van der Waals surface area contributed by atoms with Crippen LogP contribution in [0.15, 0.2) is 41.8 Å². The lowest BCUT2D eigenvalue weighted by Gasteiger charge is -2.21. The highest BCUT2D eigenvalue weighted by atomic mass is 32.2. The van der Waals surface area contributed by atoms with Crippen LogP contribution in [0.25, 0.3) is 0 Å². The van der Waals surface area contributed by atoms with Gasteiger partial charge in [-0.3, -0.25) is 4.79 Å². The van der Waals surface area contributed by atoms with Gasteiger partial charge < -0.3 is 5.32 Å². The summed E-state index contributed by atoms with van der Waals surface area (Å²) in [5.74, 6) is 2.51. The Morgan fingerprint density at radius 2 is 2.05 bits per heavy atom. The number of carbonyl (C=O) groups is 1. The van der Waals surface area contributed by atoms with Crippen LogP contribution < -0.4 is 5.32 Å². The normalized spacial score (nSPS) is 15.8. The molecule has 1 amide bonds. The Labute approximate surface area is 137 Å². The topological polar surface area (TPSA) is 29.1 Å². The lowest BCUT2D eigenvalue weighted by Crippen LogP contribution is -2.14. The largest absolute Gasteiger partial charge is 0.326 e. The maximum atomic E-state index is 12.1. The predicted molar refractivity (Wildman–Crippen MR) is 95.4 cm³/mol. The minimum atomic E-state index is 0.0542. The van der Waals surface area contributed by atoms with Gasteiger partial charge in [0.1, 0.15) is 0 Å². The molecular weight excluding hydrogens is 318 g/mol. The molecule has 0 aliphatic carbocycles. The van der Waals surface area contributed by atoms with E-state index < -0.39 is 0 Å². The number of rotatable bonds is 4. The number of nitrogens with one attached hydrogen (secondary N) is 1. The van der Waals surface area contributed by atoms with E-state index in [9.17, 15) is 4.79 Å². The maximum absolute atomic E-state index is 12.1. The standard InChI is InChI=1S/C16H17NOS3/c18-15(11-14-6-2-7-19-14)17-13-5-1-4-12(10-13)16-20-8-3-9-21-16/h1-2,4-7,10,16H,3,8-9,11H2,(H,17,18). The third-order valence-corrected chi connectivity index (χ3v) is 7.08. The molecule has 2 heterocycles. The average molecular weight is 336 g/mol. The number of thiophene rings is 1. The van der Waals surface area contributed by atoms with Crippen LogP contribution in [-0.4, -0.2) is 17.4 Å². The van der Waals surface area contributed by atoms with Gasteiger partial charge in [0.25, 0.3) is 0 Å². The maximum Gasteiger partial charge on any atom is 0.229 e. The Hall–Kier alpha value is -0.910. The van der Waals surface area contributed by atoms with Crippen molar-refractivity contribution in [2.75, 3.05) is 16.8 Å². The van der Waals surface area contributed by atoms with Crippen LogP contribution in [0, 0.1) is 0 Å². The van der Waals surface area contributed by atoms with Gasteiger partial charge in [0.15, 0.2) is 0 Å². The zero-order chi connectivity index (χ0) is 14.5. The second kappa shape index (κ2) is 7.38. The van der Waals surface area contributed by atoms with Gasteiger partial charge in [-0.2, -0.15) is 0 Å². The zero-order valence-electron chi connectivity index (χ0n) is 11.6. The summed E-state index contributed by atoms with van der Waals surface area (Å²) in [4.78, 5) is 13.2. The number of hydrogen-bond donors (Lipinski definition) is 1. The first-order chi connectivity index (χ1) is 10.3. The fourth-order valence-electron chi connectivity index (χ4n) is 2.22. The number of anilines is 1. The number of carbonyl (C=O) groups excluding carboxylic acids is 1. The minimum absolute atomic E-state index is 0.0542. The van der Waals surface area contributed by atoms with E-state index in [-0.39, 0.29) is 5.91 Å². The van der Waals surface area contributed by atoms with Crippen LogP contribution >= 0.6 is 34.9 Å². The fourth-order valence-corrected chi connectivity index (χ4v) is 5.80. The Balaban J connectivity index is 1.63. The van der Waals surface area contributed by atoms with E-state index in [1.54, 1.807) is 11.3 Å². The molecule has 1 aliphatic heterocycles. The summed E-state index contributed by atoms with van der Waals surface area (Å²) < 4.78 is 0.507. The highest BCUT2D eigenvalue weighted by Crippen LogP contribution is 2.44. The molecule has 1 aromatic carbocycles. The molecule has 1 aliphatic rings. The molecule has 1 N–H and O–H groups in total. The van der Waals surface area contributed by atoms with Gasteiger partial charge in [-0.25, -0.2) is 0 Å². The van der Waals surface area contributed by atoms with Gasteiger partial charge in [-0.15, -0.1) is 34.9 Å². The van der Waals surface area contributed by atoms with Crippen LogP contribution in [0.2, 0.25) is 0 Å². The summed E-state index contributed by atoms with van der Waals surface area (Å²) >= 11 is 5.62. The summed E-state index contributed by atoms with van der Waals surface area (Å²) in [6, 6.07) is 12.2. The lowest BCUT2D eigenvalue weighted by molar-refractivity contribution is -0.115. The van der Waals surface area contributed by atoms with Gasteiger partial charge in [0, 0.05) is 10.6 Å². The SMILES string of the molecule is O=C(Cc1cccs1)Nc1cccc(C2SCCCS2)c1. The number of thioether (sulfide) groups is 2. The van der Waals surface area contributed by atoms with E-state index in [1.807, 2.05) is 53.2 Å². The second-order valence-corrected chi connectivity index (χ2v) is 8.61. The van der Waals surface area contributed by atoms with Crippen molar-refractivity contribution in [3.63, 3.8) is 0 Å². The summed E-state index contributed by atoms with van der Waals surface area (Å²) in [5.41, 5.74) is 2.21. The smallest absolute Gasteiger partial charge is 0.229 e. The predicted octanol–water partition coefficient (Wildman–Crippen LogP) is 4.80. The van der Waals surface area contributed by atoms with Crippen molar-refractivity contribution in [1.29, 1.82) is 0 Å². The van der Waals surface area contributed by atoms with Crippen LogP contribution in [0.5, 0.6) is 0 Å². The van der Waals surface area contributed by atoms with E-state index in [1.165, 1.54) is 23.5 Å². The number of amides is 1. The molecule has 0 spiro atoms. The van der Waals surface area contributed by atoms with Crippen molar-refractivity contribution in [3.05, 3.63) is 52.2 Å². The van der Waals surface area contributed by atoms with Crippen molar-refractivity contribution < 1.29 is 4.79 Å². The molecular formula is C16H17NOS3. The van der Waals surface area contributed by atoms with Crippen LogP contribution in [-0.2, 0) is 11.2 Å². The minimum Gasteiger partial charge on any atom is -0.326 e. The molecule has 110 valence electrons. The first-order valence-electron chi connectivity index (χ1n) is 6.97. The first-order valence-corrected chi connectivity index (χ1v) is 9.94. The highest BCUT2D eigenvalue weighted by molar-refractivity contribution is 8.16. The van der Waals surface area contributed by atoms with Crippen molar-refractivity contribution in [3.8, 4) is 0 Å². The Morgan fingerprint density at radius 1 is 1.19 bits per heavy atom. The molecule has 3 rings (SSSR count). The Kier molecular flexibility index (Phi) is 5.27. The molecule has 0 radical (unpaired) electrons. The summed E-state index contributed by atoms with van der Waals surface area (Å²) in [5, 5.41) is 5.01. The molecule has 1 aromatic heterocycles. The van der Waals surface area contributed by atoms with E-state index >= 15 is 0 Å². The van der Waals surface area contributed by atoms with Crippen LogP contribution in [0.4, 0.5) is 5.69 Å². The lowest BCUT2D eigenvalue weighted by atomic mass is 10.2. The third kappa shape index (κ3) is 4.28. The molecule has 0 bridgehead atoms. The summed E-state index contributed by atoms with van der Waals surface area (Å²) in [6.07, 6.45) is 1.75. The molecule has 2 nitrogen and oxygen atoms in total. The molecule has 0 atom stereocenters. The highest BCUT2D eigenvalue weighted by Gasteiger charge is 2.17. The van der Waals surface area contributed by atoms with Crippen molar-refractivity contribution in [2.45, 2.75) is 17.4 Å². The van der Waals surface area contributed by atoms with Gasteiger partial charge in [0.2, 0.25) is 5.91 Å². The quantitative estimate of drug-likeness (QED) is 0.870. The summed E-state index contributed by atoms with van der Waals surface area (Å²) in [6.45, 7) is 0. The van der Waals surface area contributed by atoms with E-state index in [0.717, 1.165) is 10.6 Å². The third-order valence-electron chi connectivity index (χ3n) is 3.18. The van der Waals surface area contributed by atoms with Crippen molar-refractivity contribution in [2.24, 2.45) is 0 Å². The Morgan fingerprint density at radius 3 is 2.81 bits per heavy atom. The molecule has 2 aromatic rings. The Bertz CT molecular complexity index is 591. The van der Waals surface area contributed by atoms with E-state index in [2.05, 4.69) is 17.4 Å². The molecule has 1 saturated heterocycles. The number of benzene rings is 1.